The van der Waals surface area contributed by atoms with Crippen molar-refractivity contribution in [1.82, 2.24) is 5.32 Å². The molecular formula is C18H24N2O4. The fraction of sp³-hybridized carbons (Fsp3) is 0.556. The first-order chi connectivity index (χ1) is 11.7. The molecule has 0 radical (unpaired) electrons. The van der Waals surface area contributed by atoms with E-state index in [0.29, 0.717) is 32.7 Å². The molecule has 2 amide bonds. The molecule has 0 saturated carbocycles. The van der Waals surface area contributed by atoms with Gasteiger partial charge in [-0.3, -0.25) is 9.59 Å². The van der Waals surface area contributed by atoms with E-state index in [4.69, 9.17) is 9.47 Å². The summed E-state index contributed by atoms with van der Waals surface area (Å²) >= 11 is 0. The predicted molar refractivity (Wildman–Crippen MR) is 89.6 cm³/mol. The maximum atomic E-state index is 12.3. The summed E-state index contributed by atoms with van der Waals surface area (Å²) in [5.74, 6) is -0.371. The van der Waals surface area contributed by atoms with E-state index < -0.39 is 0 Å². The number of hydrogen-bond donors (Lipinski definition) is 1. The molecule has 1 aromatic carbocycles. The predicted octanol–water partition coefficient (Wildman–Crippen LogP) is 1.48. The first kappa shape index (κ1) is 16.9. The molecular weight excluding hydrogens is 308 g/mol. The first-order valence-electron chi connectivity index (χ1n) is 8.57. The second-order valence-electron chi connectivity index (χ2n) is 6.18. The lowest BCUT2D eigenvalue weighted by molar-refractivity contribution is -0.126. The second kappa shape index (κ2) is 7.77. The molecule has 1 atom stereocenters. The topological polar surface area (TPSA) is 67.9 Å². The van der Waals surface area contributed by atoms with Crippen LogP contribution in [0.5, 0.6) is 0 Å². The van der Waals surface area contributed by atoms with Gasteiger partial charge in [0.25, 0.3) is 0 Å². The molecule has 130 valence electrons. The van der Waals surface area contributed by atoms with Crippen molar-refractivity contribution in [3.05, 3.63) is 29.8 Å². The normalized spacial score (nSPS) is 21.5. The van der Waals surface area contributed by atoms with E-state index in [1.807, 2.05) is 24.3 Å². The molecule has 1 aromatic rings. The summed E-state index contributed by atoms with van der Waals surface area (Å²) in [6.07, 6.45) is 1.64. The fourth-order valence-electron chi connectivity index (χ4n) is 3.08. The molecule has 2 aliphatic heterocycles. The van der Waals surface area contributed by atoms with Gasteiger partial charge in [-0.2, -0.15) is 0 Å². The number of amides is 2. The Bertz CT molecular complexity index is 581. The van der Waals surface area contributed by atoms with Crippen LogP contribution < -0.4 is 10.2 Å². The van der Waals surface area contributed by atoms with Gasteiger partial charge in [0, 0.05) is 31.6 Å². The van der Waals surface area contributed by atoms with Crippen molar-refractivity contribution < 1.29 is 19.1 Å². The summed E-state index contributed by atoms with van der Waals surface area (Å²) in [4.78, 5) is 26.2. The number of hydrogen-bond acceptors (Lipinski definition) is 4. The average molecular weight is 332 g/mol. The second-order valence-corrected chi connectivity index (χ2v) is 6.18. The Hall–Kier alpha value is -1.92. The molecule has 0 bridgehead atoms. The van der Waals surface area contributed by atoms with Crippen molar-refractivity contribution in [2.45, 2.75) is 32.5 Å². The molecule has 6 nitrogen and oxygen atoms in total. The van der Waals surface area contributed by atoms with Gasteiger partial charge < -0.3 is 19.7 Å². The van der Waals surface area contributed by atoms with Crippen molar-refractivity contribution in [2.75, 3.05) is 31.2 Å². The van der Waals surface area contributed by atoms with Gasteiger partial charge in [0.15, 0.2) is 6.29 Å². The van der Waals surface area contributed by atoms with Gasteiger partial charge in [0.1, 0.15) is 0 Å². The highest BCUT2D eigenvalue weighted by Gasteiger charge is 2.35. The molecule has 3 rings (SSSR count). The third-order valence-corrected chi connectivity index (χ3v) is 4.52. The fourth-order valence-corrected chi connectivity index (χ4v) is 3.08. The highest BCUT2D eigenvalue weighted by atomic mass is 16.7. The molecule has 2 fully saturated rings. The van der Waals surface area contributed by atoms with Crippen LogP contribution in [0.1, 0.15) is 25.3 Å². The molecule has 1 N–H and O–H groups in total. The summed E-state index contributed by atoms with van der Waals surface area (Å²) in [5, 5.41) is 2.88. The number of aryl methyl sites for hydroxylation is 1. The monoisotopic (exact) mass is 332 g/mol. The van der Waals surface area contributed by atoms with Crippen LogP contribution in [0.25, 0.3) is 0 Å². The minimum absolute atomic E-state index is 0.00172. The molecule has 2 saturated heterocycles. The van der Waals surface area contributed by atoms with Crippen LogP contribution >= 0.6 is 0 Å². The zero-order chi connectivity index (χ0) is 16.9. The average Bonchev–Trinajstić information content (AvgIpc) is 3.24. The standard InChI is InChI=1S/C18H24N2O4/c1-2-13-3-5-15(6-4-13)20-12-14(11-16(20)21)18(22)19-8-7-17-23-9-10-24-17/h3-6,14,17H,2,7-12H2,1H3,(H,19,22)/t14-/m0/s1. The number of carbonyl (C=O) groups is 2. The smallest absolute Gasteiger partial charge is 0.227 e. The summed E-state index contributed by atoms with van der Waals surface area (Å²) < 4.78 is 10.7. The lowest BCUT2D eigenvalue weighted by Crippen LogP contribution is -2.34. The maximum absolute atomic E-state index is 12.3. The Morgan fingerprint density at radius 3 is 2.62 bits per heavy atom. The van der Waals surface area contributed by atoms with E-state index in [2.05, 4.69) is 12.2 Å². The van der Waals surface area contributed by atoms with Gasteiger partial charge in [-0.1, -0.05) is 19.1 Å². The van der Waals surface area contributed by atoms with Gasteiger partial charge in [-0.15, -0.1) is 0 Å². The Morgan fingerprint density at radius 2 is 1.96 bits per heavy atom. The van der Waals surface area contributed by atoms with E-state index in [0.717, 1.165) is 12.1 Å². The van der Waals surface area contributed by atoms with Gasteiger partial charge in [0.2, 0.25) is 11.8 Å². The molecule has 0 spiro atoms. The molecule has 0 unspecified atom stereocenters. The van der Waals surface area contributed by atoms with Gasteiger partial charge in [-0.05, 0) is 24.1 Å². The van der Waals surface area contributed by atoms with Gasteiger partial charge in [-0.25, -0.2) is 0 Å². The Kier molecular flexibility index (Phi) is 5.48. The summed E-state index contributed by atoms with van der Waals surface area (Å²) in [6.45, 7) is 4.26. The van der Waals surface area contributed by atoms with Crippen molar-refractivity contribution in [3.8, 4) is 0 Å². The lowest BCUT2D eigenvalue weighted by Gasteiger charge is -2.17. The Labute approximate surface area is 142 Å². The van der Waals surface area contributed by atoms with Crippen LogP contribution in [-0.2, 0) is 25.5 Å². The maximum Gasteiger partial charge on any atom is 0.227 e. The van der Waals surface area contributed by atoms with E-state index in [1.165, 1.54) is 5.56 Å². The van der Waals surface area contributed by atoms with E-state index >= 15 is 0 Å². The zero-order valence-electron chi connectivity index (χ0n) is 14.0. The summed E-state index contributed by atoms with van der Waals surface area (Å²) in [5.41, 5.74) is 2.09. The molecule has 2 heterocycles. The van der Waals surface area contributed by atoms with Crippen LogP contribution in [-0.4, -0.2) is 44.4 Å². The summed E-state index contributed by atoms with van der Waals surface area (Å²) in [6, 6.07) is 7.95. The number of nitrogens with zero attached hydrogens (tertiary/aromatic N) is 1. The third-order valence-electron chi connectivity index (χ3n) is 4.52. The third kappa shape index (κ3) is 3.94. The van der Waals surface area contributed by atoms with E-state index in [-0.39, 0.29) is 30.4 Å². The summed E-state index contributed by atoms with van der Waals surface area (Å²) in [7, 11) is 0. The zero-order valence-corrected chi connectivity index (χ0v) is 14.0. The molecule has 0 aliphatic carbocycles. The van der Waals surface area contributed by atoms with Crippen molar-refractivity contribution in [3.63, 3.8) is 0 Å². The van der Waals surface area contributed by atoms with E-state index in [9.17, 15) is 9.59 Å². The highest BCUT2D eigenvalue weighted by Crippen LogP contribution is 2.25. The SMILES string of the molecule is CCc1ccc(N2C[C@@H](C(=O)NCCC3OCCO3)CC2=O)cc1. The highest BCUT2D eigenvalue weighted by molar-refractivity contribution is 6.00. The molecule has 0 aromatic heterocycles. The van der Waals surface area contributed by atoms with Gasteiger partial charge in [0.05, 0.1) is 19.1 Å². The van der Waals surface area contributed by atoms with Gasteiger partial charge >= 0.3 is 0 Å². The lowest BCUT2D eigenvalue weighted by atomic mass is 10.1. The van der Waals surface area contributed by atoms with Crippen LogP contribution in [0.2, 0.25) is 0 Å². The van der Waals surface area contributed by atoms with Crippen molar-refractivity contribution >= 4 is 17.5 Å². The number of carbonyl (C=O) groups excluding carboxylic acids is 2. The minimum atomic E-state index is -0.297. The number of benzene rings is 1. The van der Waals surface area contributed by atoms with Crippen molar-refractivity contribution in [1.29, 1.82) is 0 Å². The molecule has 2 aliphatic rings. The first-order valence-corrected chi connectivity index (χ1v) is 8.57. The van der Waals surface area contributed by atoms with Crippen LogP contribution in [0.15, 0.2) is 24.3 Å². The molecule has 6 heteroatoms. The van der Waals surface area contributed by atoms with Crippen LogP contribution in [0.4, 0.5) is 5.69 Å². The number of nitrogens with one attached hydrogen (secondary N) is 1. The molecule has 24 heavy (non-hydrogen) atoms. The van der Waals surface area contributed by atoms with E-state index in [1.54, 1.807) is 4.90 Å². The quantitative estimate of drug-likeness (QED) is 0.857. The Balaban J connectivity index is 1.50. The van der Waals surface area contributed by atoms with Crippen LogP contribution in [0, 0.1) is 5.92 Å². The Morgan fingerprint density at radius 1 is 1.25 bits per heavy atom. The largest absolute Gasteiger partial charge is 0.356 e. The minimum Gasteiger partial charge on any atom is -0.356 e. The number of rotatable bonds is 6. The van der Waals surface area contributed by atoms with Crippen LogP contribution in [0.3, 0.4) is 0 Å². The number of ether oxygens (including phenoxy) is 2. The van der Waals surface area contributed by atoms with Crippen molar-refractivity contribution in [2.24, 2.45) is 5.92 Å². The number of anilines is 1.